The molecule has 2 atom stereocenters. The van der Waals surface area contributed by atoms with Gasteiger partial charge in [0.25, 0.3) is 0 Å². The van der Waals surface area contributed by atoms with Crippen LogP contribution in [0.25, 0.3) is 0 Å². The van der Waals surface area contributed by atoms with Crippen LogP contribution in [0, 0.1) is 5.92 Å². The van der Waals surface area contributed by atoms with Gasteiger partial charge in [-0.25, -0.2) is 15.8 Å². The number of nitrogens with one attached hydrogen (secondary N) is 2. The Morgan fingerprint density at radius 3 is 2.80 bits per heavy atom. The van der Waals surface area contributed by atoms with E-state index in [1.807, 2.05) is 6.07 Å². The fourth-order valence-electron chi connectivity index (χ4n) is 2.83. The average Bonchev–Trinajstić information content (AvgIpc) is 3.19. The van der Waals surface area contributed by atoms with E-state index in [9.17, 15) is 0 Å². The second-order valence-corrected chi connectivity index (χ2v) is 5.66. The molecule has 1 aromatic heterocycles. The van der Waals surface area contributed by atoms with Gasteiger partial charge in [-0.2, -0.15) is 0 Å². The minimum atomic E-state index is 0.342. The maximum Gasteiger partial charge on any atom is 0.145 e. The summed E-state index contributed by atoms with van der Waals surface area (Å²) in [5.41, 5.74) is 2.62. The first-order valence-electron chi connectivity index (χ1n) is 7.53. The van der Waals surface area contributed by atoms with Crippen molar-refractivity contribution in [2.24, 2.45) is 11.8 Å². The zero-order valence-corrected chi connectivity index (χ0v) is 11.9. The van der Waals surface area contributed by atoms with Crippen LogP contribution in [0.1, 0.15) is 38.4 Å². The molecule has 3 rings (SSSR count). The molecule has 2 heterocycles. The number of nitrogens with two attached hydrogens (primary N) is 1. The van der Waals surface area contributed by atoms with E-state index in [1.54, 1.807) is 0 Å². The van der Waals surface area contributed by atoms with Crippen LogP contribution >= 0.6 is 0 Å². The highest BCUT2D eigenvalue weighted by Crippen LogP contribution is 2.39. The number of nitrogen functional groups attached to an aromatic ring is 1. The molecule has 1 saturated heterocycles. The Morgan fingerprint density at radius 1 is 1.30 bits per heavy atom. The van der Waals surface area contributed by atoms with Crippen molar-refractivity contribution < 1.29 is 4.74 Å². The van der Waals surface area contributed by atoms with E-state index in [2.05, 4.69) is 27.6 Å². The molecule has 2 unspecified atom stereocenters. The van der Waals surface area contributed by atoms with Gasteiger partial charge in [0.2, 0.25) is 0 Å². The quantitative estimate of drug-likeness (QED) is 0.542. The lowest BCUT2D eigenvalue weighted by atomic mass is 10.1. The predicted octanol–water partition coefficient (Wildman–Crippen LogP) is 1.69. The number of anilines is 2. The van der Waals surface area contributed by atoms with Crippen LogP contribution in [0.4, 0.5) is 11.6 Å². The molecule has 2 fully saturated rings. The molecule has 0 bridgehead atoms. The molecule has 4 N–H and O–H groups in total. The molecule has 0 amide bonds. The Hall–Kier alpha value is -1.40. The SMILES string of the molecule is CCCc1nc(NN)cc(NC2CCOC2C2CC2)n1. The largest absolute Gasteiger partial charge is 0.376 e. The number of hydrazine groups is 1. The predicted molar refractivity (Wildman–Crippen MR) is 78.3 cm³/mol. The van der Waals surface area contributed by atoms with Crippen LogP contribution in [0.3, 0.4) is 0 Å². The molecule has 6 nitrogen and oxygen atoms in total. The third kappa shape index (κ3) is 3.02. The summed E-state index contributed by atoms with van der Waals surface area (Å²) < 4.78 is 5.85. The van der Waals surface area contributed by atoms with Crippen molar-refractivity contribution in [1.29, 1.82) is 0 Å². The standard InChI is InChI=1S/C14H23N5O/c1-2-3-11-17-12(8-13(18-11)19-15)16-10-6-7-20-14(10)9-4-5-9/h8-10,14H,2-7,15H2,1H3,(H2,16,17,18,19). The fourth-order valence-corrected chi connectivity index (χ4v) is 2.83. The van der Waals surface area contributed by atoms with Gasteiger partial charge in [0.15, 0.2) is 0 Å². The number of ether oxygens (including phenoxy) is 1. The van der Waals surface area contributed by atoms with Gasteiger partial charge in [-0.15, -0.1) is 0 Å². The highest BCUT2D eigenvalue weighted by atomic mass is 16.5. The molecule has 1 aliphatic heterocycles. The smallest absolute Gasteiger partial charge is 0.145 e. The lowest BCUT2D eigenvalue weighted by Crippen LogP contribution is -2.31. The summed E-state index contributed by atoms with van der Waals surface area (Å²) in [6, 6.07) is 2.22. The molecule has 1 aromatic rings. The van der Waals surface area contributed by atoms with Gasteiger partial charge in [0.05, 0.1) is 12.1 Å². The number of hydrogen-bond acceptors (Lipinski definition) is 6. The Balaban J connectivity index is 1.73. The molecule has 0 aromatic carbocycles. The van der Waals surface area contributed by atoms with Crippen LogP contribution < -0.4 is 16.6 Å². The third-order valence-corrected chi connectivity index (χ3v) is 3.95. The first kappa shape index (κ1) is 13.6. The lowest BCUT2D eigenvalue weighted by Gasteiger charge is -2.20. The Morgan fingerprint density at radius 2 is 2.10 bits per heavy atom. The van der Waals surface area contributed by atoms with Gasteiger partial charge in [0, 0.05) is 19.1 Å². The minimum absolute atomic E-state index is 0.342. The summed E-state index contributed by atoms with van der Waals surface area (Å²) in [6.07, 6.45) is 5.85. The fraction of sp³-hybridized carbons (Fsp3) is 0.714. The molecule has 1 aliphatic carbocycles. The van der Waals surface area contributed by atoms with Gasteiger partial charge in [-0.1, -0.05) is 6.92 Å². The van der Waals surface area contributed by atoms with E-state index in [0.29, 0.717) is 18.0 Å². The molecular formula is C14H23N5O. The summed E-state index contributed by atoms with van der Waals surface area (Å²) in [6.45, 7) is 2.96. The van der Waals surface area contributed by atoms with Crippen molar-refractivity contribution in [3.8, 4) is 0 Å². The summed E-state index contributed by atoms with van der Waals surface area (Å²) in [5.74, 6) is 8.55. The second-order valence-electron chi connectivity index (χ2n) is 5.66. The van der Waals surface area contributed by atoms with Crippen molar-refractivity contribution in [3.63, 3.8) is 0 Å². The summed E-state index contributed by atoms with van der Waals surface area (Å²) in [5, 5.41) is 3.51. The second kappa shape index (κ2) is 5.93. The van der Waals surface area contributed by atoms with Gasteiger partial charge in [-0.05, 0) is 31.6 Å². The first-order chi connectivity index (χ1) is 9.80. The Kier molecular flexibility index (Phi) is 4.03. The number of aromatic nitrogens is 2. The number of rotatable bonds is 6. The van der Waals surface area contributed by atoms with Gasteiger partial charge < -0.3 is 15.5 Å². The molecule has 0 spiro atoms. The zero-order valence-electron chi connectivity index (χ0n) is 11.9. The van der Waals surface area contributed by atoms with Crippen LogP contribution in [0.15, 0.2) is 6.07 Å². The van der Waals surface area contributed by atoms with Crippen LogP contribution in [-0.2, 0) is 11.2 Å². The van der Waals surface area contributed by atoms with E-state index >= 15 is 0 Å². The van der Waals surface area contributed by atoms with E-state index < -0.39 is 0 Å². The molecular weight excluding hydrogens is 254 g/mol. The van der Waals surface area contributed by atoms with E-state index in [0.717, 1.165) is 43.4 Å². The van der Waals surface area contributed by atoms with Crippen molar-refractivity contribution >= 4 is 11.6 Å². The van der Waals surface area contributed by atoms with E-state index in [1.165, 1.54) is 12.8 Å². The monoisotopic (exact) mass is 277 g/mol. The van der Waals surface area contributed by atoms with Crippen LogP contribution in [-0.4, -0.2) is 28.7 Å². The van der Waals surface area contributed by atoms with Crippen molar-refractivity contribution in [2.75, 3.05) is 17.3 Å². The molecule has 0 radical (unpaired) electrons. The zero-order chi connectivity index (χ0) is 13.9. The number of nitrogens with zero attached hydrogens (tertiary/aromatic N) is 2. The minimum Gasteiger partial charge on any atom is -0.376 e. The molecule has 6 heteroatoms. The van der Waals surface area contributed by atoms with Crippen LogP contribution in [0.5, 0.6) is 0 Å². The Labute approximate surface area is 119 Å². The maximum atomic E-state index is 5.85. The summed E-state index contributed by atoms with van der Waals surface area (Å²) in [7, 11) is 0. The summed E-state index contributed by atoms with van der Waals surface area (Å²) >= 11 is 0. The van der Waals surface area contributed by atoms with E-state index in [-0.39, 0.29) is 0 Å². The highest BCUT2D eigenvalue weighted by molar-refractivity contribution is 5.47. The van der Waals surface area contributed by atoms with Crippen LogP contribution in [0.2, 0.25) is 0 Å². The molecule has 2 aliphatic rings. The lowest BCUT2D eigenvalue weighted by molar-refractivity contribution is 0.0898. The topological polar surface area (TPSA) is 85.1 Å². The van der Waals surface area contributed by atoms with E-state index in [4.69, 9.17) is 10.6 Å². The number of aryl methyl sites for hydroxylation is 1. The van der Waals surface area contributed by atoms with Gasteiger partial charge in [0.1, 0.15) is 17.5 Å². The van der Waals surface area contributed by atoms with Crippen molar-refractivity contribution in [3.05, 3.63) is 11.9 Å². The van der Waals surface area contributed by atoms with Gasteiger partial charge in [-0.3, -0.25) is 0 Å². The molecule has 20 heavy (non-hydrogen) atoms. The first-order valence-corrected chi connectivity index (χ1v) is 7.53. The van der Waals surface area contributed by atoms with Crippen molar-refractivity contribution in [2.45, 2.75) is 51.2 Å². The highest BCUT2D eigenvalue weighted by Gasteiger charge is 2.40. The third-order valence-electron chi connectivity index (χ3n) is 3.95. The molecule has 110 valence electrons. The summed E-state index contributed by atoms with van der Waals surface area (Å²) in [4.78, 5) is 8.94. The number of hydrogen-bond donors (Lipinski definition) is 3. The van der Waals surface area contributed by atoms with Crippen molar-refractivity contribution in [1.82, 2.24) is 9.97 Å². The molecule has 1 saturated carbocycles. The average molecular weight is 277 g/mol. The Bertz CT molecular complexity index is 463. The maximum absolute atomic E-state index is 5.85. The normalized spacial score (nSPS) is 25.7. The van der Waals surface area contributed by atoms with Gasteiger partial charge >= 0.3 is 0 Å².